The second-order valence-corrected chi connectivity index (χ2v) is 10.1. The number of nitrogens with two attached hydrogens (primary N) is 1. The topological polar surface area (TPSA) is 107 Å². The average molecular weight is 567 g/mol. The molecule has 0 amide bonds. The van der Waals surface area contributed by atoms with Crippen LogP contribution in [-0.4, -0.2) is 49.9 Å². The van der Waals surface area contributed by atoms with Gasteiger partial charge in [0.25, 0.3) is 0 Å². The molecule has 4 heterocycles. The number of benzene rings is 1. The molecular formula is C32H35FN8O. The SMILES string of the molecule is CC/C=C1/C(c2cccc(F)c2)=C(Cn2nc(/C(C)=C/N=C(CC)COC)c3c(N)ncnc32)N=C2C=CC(C)=CN21. The lowest BCUT2D eigenvalue weighted by atomic mass is 9.96. The number of ether oxygens (including phenoxy) is 1. The normalized spacial score (nSPS) is 16.8. The van der Waals surface area contributed by atoms with Gasteiger partial charge in [0.05, 0.1) is 29.9 Å². The summed E-state index contributed by atoms with van der Waals surface area (Å²) in [5.41, 5.74) is 13.6. The lowest BCUT2D eigenvalue weighted by Gasteiger charge is -2.33. The Bertz CT molecular complexity index is 1740. The predicted octanol–water partition coefficient (Wildman–Crippen LogP) is 6.30. The number of aromatic nitrogens is 4. The number of nitrogens with zero attached hydrogens (tertiary/aromatic N) is 7. The zero-order valence-electron chi connectivity index (χ0n) is 24.6. The molecule has 1 aromatic carbocycles. The van der Waals surface area contributed by atoms with E-state index in [9.17, 15) is 4.39 Å². The minimum Gasteiger partial charge on any atom is -0.383 e. The molecule has 0 unspecified atom stereocenters. The maximum Gasteiger partial charge on any atom is 0.164 e. The number of nitrogen functional groups attached to an aromatic ring is 1. The summed E-state index contributed by atoms with van der Waals surface area (Å²) in [7, 11) is 1.65. The van der Waals surface area contributed by atoms with Crippen LogP contribution in [0.2, 0.25) is 0 Å². The van der Waals surface area contributed by atoms with Crippen molar-refractivity contribution in [3.05, 3.63) is 95.3 Å². The first-order valence-electron chi connectivity index (χ1n) is 14.0. The highest BCUT2D eigenvalue weighted by Crippen LogP contribution is 2.38. The van der Waals surface area contributed by atoms with Crippen LogP contribution in [0.3, 0.4) is 0 Å². The molecule has 0 saturated carbocycles. The molecule has 0 spiro atoms. The van der Waals surface area contributed by atoms with Gasteiger partial charge in [0, 0.05) is 30.8 Å². The van der Waals surface area contributed by atoms with Crippen molar-refractivity contribution in [3.63, 3.8) is 0 Å². The number of allylic oxidation sites excluding steroid dienone is 6. The number of fused-ring (bicyclic) bond motifs is 2. The van der Waals surface area contributed by atoms with Gasteiger partial charge in [-0.1, -0.05) is 38.1 Å². The molecule has 0 radical (unpaired) electrons. The highest BCUT2D eigenvalue weighted by molar-refractivity contribution is 6.03. The van der Waals surface area contributed by atoms with Crippen molar-refractivity contribution in [1.82, 2.24) is 24.6 Å². The second kappa shape index (κ2) is 12.4. The minimum atomic E-state index is -0.316. The minimum absolute atomic E-state index is 0.272. The fraction of sp³-hybridized carbons (Fsp3) is 0.281. The van der Waals surface area contributed by atoms with Gasteiger partial charge < -0.3 is 15.4 Å². The summed E-state index contributed by atoms with van der Waals surface area (Å²) in [6.45, 7) is 8.81. The van der Waals surface area contributed by atoms with E-state index >= 15 is 0 Å². The van der Waals surface area contributed by atoms with Crippen LogP contribution in [-0.2, 0) is 11.3 Å². The third kappa shape index (κ3) is 5.71. The smallest absolute Gasteiger partial charge is 0.164 e. The van der Waals surface area contributed by atoms with Gasteiger partial charge in [0.1, 0.15) is 29.5 Å². The van der Waals surface area contributed by atoms with Crippen LogP contribution in [0.25, 0.3) is 22.2 Å². The first-order chi connectivity index (χ1) is 20.3. The van der Waals surface area contributed by atoms with Crippen LogP contribution in [0.15, 0.2) is 88.2 Å². The summed E-state index contributed by atoms with van der Waals surface area (Å²) in [6.07, 6.45) is 13.0. The molecule has 42 heavy (non-hydrogen) atoms. The number of aliphatic imine (C=N–C) groups is 2. The van der Waals surface area contributed by atoms with E-state index in [4.69, 9.17) is 20.6 Å². The van der Waals surface area contributed by atoms with Crippen molar-refractivity contribution in [3.8, 4) is 0 Å². The predicted molar refractivity (Wildman–Crippen MR) is 167 cm³/mol. The Hall–Kier alpha value is -4.70. The van der Waals surface area contributed by atoms with E-state index in [1.807, 2.05) is 39.0 Å². The zero-order valence-corrected chi connectivity index (χ0v) is 24.6. The number of anilines is 1. The van der Waals surface area contributed by atoms with E-state index in [0.717, 1.165) is 58.1 Å². The number of rotatable bonds is 9. The maximum atomic E-state index is 14.5. The molecule has 0 saturated heterocycles. The quantitative estimate of drug-likeness (QED) is 0.305. The monoisotopic (exact) mass is 566 g/mol. The van der Waals surface area contributed by atoms with Gasteiger partial charge in [-0.3, -0.25) is 4.99 Å². The van der Waals surface area contributed by atoms with Crippen LogP contribution in [0.1, 0.15) is 51.8 Å². The number of hydrogen-bond acceptors (Lipinski definition) is 8. The lowest BCUT2D eigenvalue weighted by Crippen LogP contribution is -2.31. The van der Waals surface area contributed by atoms with Crippen LogP contribution in [0.4, 0.5) is 10.2 Å². The molecule has 0 fully saturated rings. The maximum absolute atomic E-state index is 14.5. The van der Waals surface area contributed by atoms with Gasteiger partial charge in [0.15, 0.2) is 5.65 Å². The van der Waals surface area contributed by atoms with E-state index in [0.29, 0.717) is 29.2 Å². The van der Waals surface area contributed by atoms with Crippen molar-refractivity contribution in [2.24, 2.45) is 9.98 Å². The highest BCUT2D eigenvalue weighted by Gasteiger charge is 2.29. The summed E-state index contributed by atoms with van der Waals surface area (Å²) >= 11 is 0. The summed E-state index contributed by atoms with van der Waals surface area (Å²) in [5.74, 6) is 0.786. The molecule has 0 atom stereocenters. The molecule has 5 rings (SSSR count). The molecule has 3 aromatic rings. The summed E-state index contributed by atoms with van der Waals surface area (Å²) < 4.78 is 21.6. The standard InChI is InChI=1S/C32H35FN8O/c1-6-9-26-28(22-10-8-11-23(33)14-22)25(38-27-13-12-20(3)16-40(26)27)17-41-32-29(31(34)36-19-37-32)30(39-41)21(4)15-35-24(7-2)18-42-5/h8-16,19H,6-7,17-18H2,1-5H3,(H2,34,36,37)/b21-15+,26-9-,35-24?. The Kier molecular flexibility index (Phi) is 8.53. The number of hydrogen-bond donors (Lipinski definition) is 1. The number of amidine groups is 1. The number of halogens is 1. The van der Waals surface area contributed by atoms with Gasteiger partial charge >= 0.3 is 0 Å². The van der Waals surface area contributed by atoms with Gasteiger partial charge in [-0.15, -0.1) is 0 Å². The largest absolute Gasteiger partial charge is 0.383 e. The van der Waals surface area contributed by atoms with Crippen molar-refractivity contribution in [2.75, 3.05) is 19.5 Å². The molecule has 9 nitrogen and oxygen atoms in total. The van der Waals surface area contributed by atoms with Gasteiger partial charge in [0.2, 0.25) is 0 Å². The Morgan fingerprint density at radius 2 is 2.02 bits per heavy atom. The third-order valence-electron chi connectivity index (χ3n) is 7.03. The Labute approximate surface area is 245 Å². The summed E-state index contributed by atoms with van der Waals surface area (Å²) in [6, 6.07) is 6.60. The van der Waals surface area contributed by atoms with Gasteiger partial charge in [-0.2, -0.15) is 5.10 Å². The van der Waals surface area contributed by atoms with E-state index in [1.54, 1.807) is 30.1 Å². The van der Waals surface area contributed by atoms with E-state index < -0.39 is 0 Å². The van der Waals surface area contributed by atoms with E-state index in [1.165, 1.54) is 12.4 Å². The van der Waals surface area contributed by atoms with Gasteiger partial charge in [-0.25, -0.2) is 24.0 Å². The van der Waals surface area contributed by atoms with Crippen molar-refractivity contribution in [2.45, 2.75) is 47.1 Å². The van der Waals surface area contributed by atoms with Crippen molar-refractivity contribution >= 4 is 39.5 Å². The summed E-state index contributed by atoms with van der Waals surface area (Å²) in [5, 5.41) is 5.59. The first-order valence-corrected chi connectivity index (χ1v) is 14.0. The number of methoxy groups -OCH3 is 1. The second-order valence-electron chi connectivity index (χ2n) is 10.1. The Balaban J connectivity index is 1.70. The van der Waals surface area contributed by atoms with E-state index in [-0.39, 0.29) is 12.4 Å². The first kappa shape index (κ1) is 28.8. The Morgan fingerprint density at radius 3 is 2.76 bits per heavy atom. The van der Waals surface area contributed by atoms with Gasteiger partial charge in [-0.05, 0) is 61.6 Å². The molecule has 0 bridgehead atoms. The Morgan fingerprint density at radius 1 is 1.19 bits per heavy atom. The van der Waals surface area contributed by atoms with E-state index in [2.05, 4.69) is 39.1 Å². The van der Waals surface area contributed by atoms with Crippen molar-refractivity contribution in [1.29, 1.82) is 0 Å². The molecule has 216 valence electrons. The van der Waals surface area contributed by atoms with Crippen LogP contribution >= 0.6 is 0 Å². The average Bonchev–Trinajstić information content (AvgIpc) is 3.35. The molecule has 0 aliphatic carbocycles. The molecule has 2 aliphatic heterocycles. The van der Waals surface area contributed by atoms with Crippen molar-refractivity contribution < 1.29 is 9.13 Å². The van der Waals surface area contributed by atoms with Crippen LogP contribution < -0.4 is 5.73 Å². The fourth-order valence-electron chi connectivity index (χ4n) is 5.02. The zero-order chi connectivity index (χ0) is 29.8. The third-order valence-corrected chi connectivity index (χ3v) is 7.03. The van der Waals surface area contributed by atoms with Crippen LogP contribution in [0, 0.1) is 5.82 Å². The van der Waals surface area contributed by atoms with Crippen LogP contribution in [0.5, 0.6) is 0 Å². The molecule has 2 aromatic heterocycles. The molecular weight excluding hydrogens is 531 g/mol. The molecule has 2 aliphatic rings. The summed E-state index contributed by atoms with van der Waals surface area (Å²) in [4.78, 5) is 20.5. The molecule has 2 N–H and O–H groups in total. The lowest BCUT2D eigenvalue weighted by molar-refractivity contribution is 0.244. The fourth-order valence-corrected chi connectivity index (χ4v) is 5.02. The molecule has 10 heteroatoms. The highest BCUT2D eigenvalue weighted by atomic mass is 19.1.